The van der Waals surface area contributed by atoms with Crippen LogP contribution < -0.4 is 11.1 Å². The summed E-state index contributed by atoms with van der Waals surface area (Å²) in [6.07, 6.45) is 3.87. The van der Waals surface area contributed by atoms with Gasteiger partial charge in [0.25, 0.3) is 0 Å². The Morgan fingerprint density at radius 1 is 1.36 bits per heavy atom. The molecule has 0 aliphatic heterocycles. The average molecular weight is 200 g/mol. The lowest BCUT2D eigenvalue weighted by Crippen LogP contribution is -2.33. The first-order valence-corrected chi connectivity index (χ1v) is 5.65. The van der Waals surface area contributed by atoms with E-state index in [4.69, 9.17) is 5.73 Å². The lowest BCUT2D eigenvalue weighted by Gasteiger charge is -2.13. The monoisotopic (exact) mass is 200 g/mol. The Morgan fingerprint density at radius 2 is 2.00 bits per heavy atom. The zero-order chi connectivity index (χ0) is 11.0. The van der Waals surface area contributed by atoms with Crippen molar-refractivity contribution in [3.8, 4) is 0 Å². The first kappa shape index (κ1) is 13.4. The van der Waals surface area contributed by atoms with Crippen LogP contribution in [0.3, 0.4) is 0 Å². The lowest BCUT2D eigenvalue weighted by atomic mass is 10.1. The molecule has 0 rings (SSSR count). The van der Waals surface area contributed by atoms with Crippen LogP contribution in [0.5, 0.6) is 0 Å². The fourth-order valence-corrected chi connectivity index (χ4v) is 1.32. The molecule has 0 saturated carbocycles. The second-order valence-corrected chi connectivity index (χ2v) is 3.94. The number of nitrogens with two attached hydrogens (primary N) is 1. The maximum Gasteiger partial charge on any atom is 0.222 e. The van der Waals surface area contributed by atoms with E-state index in [9.17, 15) is 4.79 Å². The first-order chi connectivity index (χ1) is 6.61. The van der Waals surface area contributed by atoms with Gasteiger partial charge in [0.15, 0.2) is 0 Å². The predicted molar refractivity (Wildman–Crippen MR) is 60.0 cm³/mol. The van der Waals surface area contributed by atoms with Crippen molar-refractivity contribution in [2.45, 2.75) is 52.5 Å². The van der Waals surface area contributed by atoms with Crippen LogP contribution in [0.15, 0.2) is 0 Å². The SMILES string of the molecule is CCCC(C)C(=O)NCCC(N)CC. The Hall–Kier alpha value is -0.570. The van der Waals surface area contributed by atoms with E-state index in [1.165, 1.54) is 0 Å². The van der Waals surface area contributed by atoms with E-state index in [0.29, 0.717) is 6.54 Å². The first-order valence-electron chi connectivity index (χ1n) is 5.65. The summed E-state index contributed by atoms with van der Waals surface area (Å²) in [6.45, 7) is 6.84. The molecule has 0 radical (unpaired) electrons. The van der Waals surface area contributed by atoms with Crippen molar-refractivity contribution < 1.29 is 4.79 Å². The molecule has 2 unspecified atom stereocenters. The molecule has 3 N–H and O–H groups in total. The normalized spacial score (nSPS) is 14.9. The van der Waals surface area contributed by atoms with E-state index in [-0.39, 0.29) is 17.9 Å². The average Bonchev–Trinajstić information content (AvgIpc) is 2.17. The van der Waals surface area contributed by atoms with Crippen molar-refractivity contribution in [2.24, 2.45) is 11.7 Å². The van der Waals surface area contributed by atoms with Gasteiger partial charge in [0.05, 0.1) is 0 Å². The topological polar surface area (TPSA) is 55.1 Å². The third kappa shape index (κ3) is 5.97. The maximum atomic E-state index is 11.5. The summed E-state index contributed by atoms with van der Waals surface area (Å²) >= 11 is 0. The van der Waals surface area contributed by atoms with Gasteiger partial charge < -0.3 is 11.1 Å². The van der Waals surface area contributed by atoms with Gasteiger partial charge in [-0.25, -0.2) is 0 Å². The van der Waals surface area contributed by atoms with E-state index < -0.39 is 0 Å². The van der Waals surface area contributed by atoms with Crippen molar-refractivity contribution in [3.05, 3.63) is 0 Å². The molecule has 0 heterocycles. The Balaban J connectivity index is 3.53. The Morgan fingerprint density at radius 3 is 2.50 bits per heavy atom. The van der Waals surface area contributed by atoms with Crippen molar-refractivity contribution >= 4 is 5.91 Å². The summed E-state index contributed by atoms with van der Waals surface area (Å²) in [5.74, 6) is 0.299. The fraction of sp³-hybridized carbons (Fsp3) is 0.909. The van der Waals surface area contributed by atoms with Crippen LogP contribution in [0.25, 0.3) is 0 Å². The molecule has 2 atom stereocenters. The van der Waals surface area contributed by atoms with Gasteiger partial charge in [-0.1, -0.05) is 27.2 Å². The van der Waals surface area contributed by atoms with Crippen LogP contribution in [0.2, 0.25) is 0 Å². The van der Waals surface area contributed by atoms with Crippen LogP contribution >= 0.6 is 0 Å². The molecule has 3 heteroatoms. The number of amides is 1. The van der Waals surface area contributed by atoms with Crippen molar-refractivity contribution in [1.82, 2.24) is 5.32 Å². The number of hydrogen-bond donors (Lipinski definition) is 2. The molecule has 0 aromatic heterocycles. The molecule has 0 aromatic carbocycles. The van der Waals surface area contributed by atoms with E-state index >= 15 is 0 Å². The summed E-state index contributed by atoms with van der Waals surface area (Å²) in [6, 6.07) is 0.219. The molecule has 0 aliphatic carbocycles. The molecule has 14 heavy (non-hydrogen) atoms. The number of hydrogen-bond acceptors (Lipinski definition) is 2. The molecule has 0 bridgehead atoms. The quantitative estimate of drug-likeness (QED) is 0.657. The van der Waals surface area contributed by atoms with E-state index in [1.54, 1.807) is 0 Å². The number of carbonyl (C=O) groups excluding carboxylic acids is 1. The van der Waals surface area contributed by atoms with Gasteiger partial charge >= 0.3 is 0 Å². The molecule has 3 nitrogen and oxygen atoms in total. The number of rotatable bonds is 7. The van der Waals surface area contributed by atoms with E-state index in [2.05, 4.69) is 19.2 Å². The van der Waals surface area contributed by atoms with Gasteiger partial charge in [0.1, 0.15) is 0 Å². The minimum Gasteiger partial charge on any atom is -0.356 e. The molecule has 0 saturated heterocycles. The van der Waals surface area contributed by atoms with Gasteiger partial charge in [-0.3, -0.25) is 4.79 Å². The largest absolute Gasteiger partial charge is 0.356 e. The lowest BCUT2D eigenvalue weighted by molar-refractivity contribution is -0.124. The molecular formula is C11H24N2O. The summed E-state index contributed by atoms with van der Waals surface area (Å²) in [7, 11) is 0. The van der Waals surface area contributed by atoms with Gasteiger partial charge in [0, 0.05) is 18.5 Å². The molecule has 1 amide bonds. The van der Waals surface area contributed by atoms with E-state index in [1.807, 2.05) is 6.92 Å². The number of carbonyl (C=O) groups is 1. The molecule has 0 spiro atoms. The number of nitrogens with one attached hydrogen (secondary N) is 1. The smallest absolute Gasteiger partial charge is 0.222 e. The zero-order valence-corrected chi connectivity index (χ0v) is 9.68. The van der Waals surface area contributed by atoms with Crippen LogP contribution in [-0.2, 0) is 4.79 Å². The molecular weight excluding hydrogens is 176 g/mol. The third-order valence-corrected chi connectivity index (χ3v) is 2.51. The molecule has 84 valence electrons. The summed E-state index contributed by atoms with van der Waals surface area (Å²) in [5, 5.41) is 2.91. The van der Waals surface area contributed by atoms with Gasteiger partial charge in [-0.05, 0) is 19.3 Å². The Kier molecular flexibility index (Phi) is 7.48. The van der Waals surface area contributed by atoms with Crippen LogP contribution in [0.1, 0.15) is 46.5 Å². The third-order valence-electron chi connectivity index (χ3n) is 2.51. The highest BCUT2D eigenvalue weighted by Gasteiger charge is 2.10. The molecule has 0 fully saturated rings. The predicted octanol–water partition coefficient (Wildman–Crippen LogP) is 1.67. The maximum absolute atomic E-state index is 11.5. The van der Waals surface area contributed by atoms with Crippen molar-refractivity contribution in [1.29, 1.82) is 0 Å². The highest BCUT2D eigenvalue weighted by molar-refractivity contribution is 5.78. The van der Waals surface area contributed by atoms with Gasteiger partial charge in [-0.2, -0.15) is 0 Å². The van der Waals surface area contributed by atoms with Crippen LogP contribution in [0, 0.1) is 5.92 Å². The van der Waals surface area contributed by atoms with Crippen LogP contribution in [0.4, 0.5) is 0 Å². The minimum atomic E-state index is 0.137. The highest BCUT2D eigenvalue weighted by atomic mass is 16.1. The zero-order valence-electron chi connectivity index (χ0n) is 9.68. The summed E-state index contributed by atoms with van der Waals surface area (Å²) < 4.78 is 0. The van der Waals surface area contributed by atoms with Crippen LogP contribution in [-0.4, -0.2) is 18.5 Å². The van der Waals surface area contributed by atoms with Gasteiger partial charge in [0.2, 0.25) is 5.91 Å². The standard InChI is InChI=1S/C11H24N2O/c1-4-6-9(3)11(14)13-8-7-10(12)5-2/h9-10H,4-8,12H2,1-3H3,(H,13,14). The highest BCUT2D eigenvalue weighted by Crippen LogP contribution is 2.04. The summed E-state index contributed by atoms with van der Waals surface area (Å²) in [5.41, 5.74) is 5.74. The Labute approximate surface area is 87.4 Å². The van der Waals surface area contributed by atoms with Crippen molar-refractivity contribution in [2.75, 3.05) is 6.54 Å². The van der Waals surface area contributed by atoms with Crippen molar-refractivity contribution in [3.63, 3.8) is 0 Å². The Bertz CT molecular complexity index is 159. The van der Waals surface area contributed by atoms with Gasteiger partial charge in [-0.15, -0.1) is 0 Å². The second kappa shape index (κ2) is 7.80. The molecule has 0 aliphatic rings. The summed E-state index contributed by atoms with van der Waals surface area (Å²) in [4.78, 5) is 11.5. The fourth-order valence-electron chi connectivity index (χ4n) is 1.32. The molecule has 0 aromatic rings. The second-order valence-electron chi connectivity index (χ2n) is 3.94. The van der Waals surface area contributed by atoms with E-state index in [0.717, 1.165) is 25.7 Å². The minimum absolute atomic E-state index is 0.137.